The molecular formula is C5H8S. The van der Waals surface area contributed by atoms with Crippen molar-refractivity contribution in [2.45, 2.75) is 18.1 Å². The highest BCUT2D eigenvalue weighted by Gasteiger charge is 2.08. The molecule has 1 heteroatoms. The topological polar surface area (TPSA) is 0 Å². The molecule has 0 aromatic rings. The van der Waals surface area contributed by atoms with E-state index in [2.05, 4.69) is 0 Å². The Morgan fingerprint density at radius 2 is 2.50 bits per heavy atom. The average molecular weight is 100 g/mol. The molecule has 0 aromatic heterocycles. The van der Waals surface area contributed by atoms with Crippen LogP contribution in [-0.2, 0) is 0 Å². The van der Waals surface area contributed by atoms with Crippen LogP contribution in [0, 0.1) is 6.92 Å². The molecule has 1 atom stereocenters. The molecule has 1 saturated heterocycles. The molecule has 1 fully saturated rings. The maximum atomic E-state index is 5.50. The summed E-state index contributed by atoms with van der Waals surface area (Å²) in [6.45, 7) is 5.50. The van der Waals surface area contributed by atoms with Gasteiger partial charge in [0.05, 0.1) is 0 Å². The summed E-state index contributed by atoms with van der Waals surface area (Å²) in [6.07, 6.45) is 2.55. The summed E-state index contributed by atoms with van der Waals surface area (Å²) in [7, 11) is 0. The fraction of sp³-hybridized carbons (Fsp3) is 0.800. The second kappa shape index (κ2) is 1.87. The lowest BCUT2D eigenvalue weighted by atomic mass is 10.3. The Kier molecular flexibility index (Phi) is 1.41. The Labute approximate surface area is 43.3 Å². The minimum absolute atomic E-state index is 0.463. The van der Waals surface area contributed by atoms with Gasteiger partial charge in [0.15, 0.2) is 0 Å². The maximum absolute atomic E-state index is 5.50. The van der Waals surface area contributed by atoms with E-state index in [1.54, 1.807) is 0 Å². The van der Waals surface area contributed by atoms with E-state index in [0.717, 1.165) is 0 Å². The Hall–Kier alpha value is 0.350. The van der Waals surface area contributed by atoms with Crippen LogP contribution < -0.4 is 0 Å². The molecule has 0 amide bonds. The predicted octanol–water partition coefficient (Wildman–Crippen LogP) is 1.59. The number of rotatable bonds is 0. The average Bonchev–Trinajstić information content (AvgIpc) is 1.86. The Balaban J connectivity index is 2.18. The molecule has 1 aliphatic rings. The lowest BCUT2D eigenvalue weighted by Crippen LogP contribution is -1.82. The van der Waals surface area contributed by atoms with Crippen molar-refractivity contribution in [1.29, 1.82) is 0 Å². The molecule has 1 heterocycles. The van der Waals surface area contributed by atoms with Crippen LogP contribution in [-0.4, -0.2) is 11.0 Å². The first-order chi connectivity index (χ1) is 2.89. The van der Waals surface area contributed by atoms with Gasteiger partial charge in [-0.1, -0.05) is 0 Å². The van der Waals surface area contributed by atoms with E-state index < -0.39 is 0 Å². The van der Waals surface area contributed by atoms with E-state index >= 15 is 0 Å². The maximum Gasteiger partial charge on any atom is 0.00819 e. The van der Waals surface area contributed by atoms with Crippen LogP contribution in [0.3, 0.4) is 0 Å². The van der Waals surface area contributed by atoms with Crippen LogP contribution in [0.1, 0.15) is 12.8 Å². The number of thioether (sulfide) groups is 1. The summed E-state index contributed by atoms with van der Waals surface area (Å²) in [5.41, 5.74) is 0. The van der Waals surface area contributed by atoms with Crippen LogP contribution in [0.25, 0.3) is 0 Å². The fourth-order valence-corrected chi connectivity index (χ4v) is 1.57. The van der Waals surface area contributed by atoms with Crippen molar-refractivity contribution >= 4 is 11.8 Å². The molecule has 0 spiro atoms. The lowest BCUT2D eigenvalue weighted by Gasteiger charge is -1.90. The molecule has 0 nitrogen and oxygen atoms in total. The van der Waals surface area contributed by atoms with E-state index in [-0.39, 0.29) is 0 Å². The van der Waals surface area contributed by atoms with Crippen LogP contribution in [0.2, 0.25) is 0 Å². The van der Waals surface area contributed by atoms with Crippen molar-refractivity contribution in [3.8, 4) is 0 Å². The van der Waals surface area contributed by atoms with E-state index in [1.165, 1.54) is 18.6 Å². The summed E-state index contributed by atoms with van der Waals surface area (Å²) in [5, 5.41) is 0.463. The van der Waals surface area contributed by atoms with Gasteiger partial charge in [0, 0.05) is 5.25 Å². The zero-order valence-electron chi connectivity index (χ0n) is 3.68. The van der Waals surface area contributed by atoms with Gasteiger partial charge in [0.2, 0.25) is 0 Å². The van der Waals surface area contributed by atoms with Gasteiger partial charge in [-0.2, -0.15) is 11.8 Å². The number of hydrogen-bond donors (Lipinski definition) is 0. The lowest BCUT2D eigenvalue weighted by molar-refractivity contribution is 0.879. The SMILES string of the molecule is [CH]C1CCCS1. The van der Waals surface area contributed by atoms with Gasteiger partial charge in [-0.15, -0.1) is 0 Å². The normalized spacial score (nSPS) is 34.5. The van der Waals surface area contributed by atoms with Crippen molar-refractivity contribution in [2.24, 2.45) is 0 Å². The molecule has 0 aliphatic carbocycles. The quantitative estimate of drug-likeness (QED) is 0.445. The van der Waals surface area contributed by atoms with Gasteiger partial charge < -0.3 is 0 Å². The summed E-state index contributed by atoms with van der Waals surface area (Å²) in [5.74, 6) is 1.28. The van der Waals surface area contributed by atoms with Crippen LogP contribution in [0.15, 0.2) is 0 Å². The second-order valence-corrected chi connectivity index (χ2v) is 2.90. The minimum Gasteiger partial charge on any atom is -0.158 e. The minimum atomic E-state index is 0.463. The molecule has 2 radical (unpaired) electrons. The predicted molar refractivity (Wildman–Crippen MR) is 29.8 cm³/mol. The van der Waals surface area contributed by atoms with Gasteiger partial charge in [-0.25, -0.2) is 0 Å². The standard InChI is InChI=1S/C5H8S/c1-5-3-2-4-6-5/h1,5H,2-4H2. The molecular weight excluding hydrogens is 92.1 g/mol. The first-order valence-corrected chi connectivity index (χ1v) is 3.31. The first kappa shape index (κ1) is 4.51. The van der Waals surface area contributed by atoms with Gasteiger partial charge in [-0.3, -0.25) is 0 Å². The third-order valence-corrected chi connectivity index (χ3v) is 2.15. The second-order valence-electron chi connectivity index (χ2n) is 1.55. The molecule has 1 aliphatic heterocycles. The monoisotopic (exact) mass is 100 g/mol. The molecule has 0 saturated carbocycles. The van der Waals surface area contributed by atoms with Crippen molar-refractivity contribution in [1.82, 2.24) is 0 Å². The first-order valence-electron chi connectivity index (χ1n) is 2.27. The summed E-state index contributed by atoms with van der Waals surface area (Å²) >= 11 is 1.87. The summed E-state index contributed by atoms with van der Waals surface area (Å²) < 4.78 is 0. The Morgan fingerprint density at radius 1 is 1.67 bits per heavy atom. The van der Waals surface area contributed by atoms with Crippen molar-refractivity contribution in [3.05, 3.63) is 6.92 Å². The molecule has 1 rings (SSSR count). The molecule has 6 heavy (non-hydrogen) atoms. The van der Waals surface area contributed by atoms with E-state index in [4.69, 9.17) is 6.92 Å². The van der Waals surface area contributed by atoms with Gasteiger partial charge >= 0.3 is 0 Å². The molecule has 0 bridgehead atoms. The molecule has 0 aromatic carbocycles. The zero-order chi connectivity index (χ0) is 4.41. The van der Waals surface area contributed by atoms with E-state index in [1.807, 2.05) is 11.8 Å². The third kappa shape index (κ3) is 0.904. The van der Waals surface area contributed by atoms with Crippen molar-refractivity contribution < 1.29 is 0 Å². The smallest absolute Gasteiger partial charge is 0.00819 e. The molecule has 1 unspecified atom stereocenters. The Morgan fingerprint density at radius 3 is 2.67 bits per heavy atom. The van der Waals surface area contributed by atoms with Gasteiger partial charge in [0.1, 0.15) is 0 Å². The van der Waals surface area contributed by atoms with Gasteiger partial charge in [-0.05, 0) is 25.5 Å². The van der Waals surface area contributed by atoms with Crippen LogP contribution in [0.4, 0.5) is 0 Å². The molecule has 34 valence electrons. The van der Waals surface area contributed by atoms with Crippen LogP contribution >= 0.6 is 11.8 Å². The molecule has 0 N–H and O–H groups in total. The highest BCUT2D eigenvalue weighted by atomic mass is 32.2. The highest BCUT2D eigenvalue weighted by molar-refractivity contribution is 8.00. The van der Waals surface area contributed by atoms with E-state index in [9.17, 15) is 0 Å². The Bertz CT molecular complexity index is 37.2. The van der Waals surface area contributed by atoms with Crippen molar-refractivity contribution in [3.63, 3.8) is 0 Å². The highest BCUT2D eigenvalue weighted by Crippen LogP contribution is 2.24. The zero-order valence-corrected chi connectivity index (χ0v) is 4.50. The summed E-state index contributed by atoms with van der Waals surface area (Å²) in [4.78, 5) is 0. The van der Waals surface area contributed by atoms with Crippen molar-refractivity contribution in [2.75, 3.05) is 5.75 Å². The fourth-order valence-electron chi connectivity index (χ4n) is 0.603. The van der Waals surface area contributed by atoms with Gasteiger partial charge in [0.25, 0.3) is 0 Å². The third-order valence-electron chi connectivity index (χ3n) is 0.965. The number of hydrogen-bond acceptors (Lipinski definition) is 1. The van der Waals surface area contributed by atoms with Crippen LogP contribution in [0.5, 0.6) is 0 Å². The largest absolute Gasteiger partial charge is 0.158 e. The summed E-state index contributed by atoms with van der Waals surface area (Å²) in [6, 6.07) is 0. The van der Waals surface area contributed by atoms with E-state index in [0.29, 0.717) is 5.25 Å².